The number of carbonyl (C=O) groups excluding carboxylic acids is 1. The van der Waals surface area contributed by atoms with Gasteiger partial charge in [-0.2, -0.15) is 0 Å². The molecular formula is C33H37F2N5O4. The van der Waals surface area contributed by atoms with Crippen LogP contribution in [0.15, 0.2) is 88.0 Å². The molecule has 2 aliphatic rings. The van der Waals surface area contributed by atoms with Crippen molar-refractivity contribution >= 4 is 30.3 Å². The fraction of sp³-hybridized carbons (Fsp3) is 0.303. The third-order valence-corrected chi connectivity index (χ3v) is 7.35. The molecule has 1 saturated heterocycles. The average Bonchev–Trinajstić information content (AvgIpc) is 3.02. The number of piperidine rings is 1. The molecule has 11 heteroatoms. The number of rotatable bonds is 11. The van der Waals surface area contributed by atoms with Crippen molar-refractivity contribution in [3.05, 3.63) is 89.7 Å². The monoisotopic (exact) mass is 605 g/mol. The van der Waals surface area contributed by atoms with Crippen molar-refractivity contribution < 1.29 is 27.8 Å². The smallest absolute Gasteiger partial charge is 0.245 e. The minimum atomic E-state index is -0.674. The van der Waals surface area contributed by atoms with Crippen LogP contribution >= 0.6 is 0 Å². The first-order chi connectivity index (χ1) is 21.2. The van der Waals surface area contributed by atoms with Gasteiger partial charge in [0, 0.05) is 51.2 Å². The van der Waals surface area contributed by atoms with Gasteiger partial charge >= 0.3 is 0 Å². The molecule has 1 aliphatic heterocycles. The summed E-state index contributed by atoms with van der Waals surface area (Å²) >= 11 is 0. The van der Waals surface area contributed by atoms with Gasteiger partial charge < -0.3 is 29.3 Å². The van der Waals surface area contributed by atoms with Gasteiger partial charge in [-0.3, -0.25) is 9.79 Å². The van der Waals surface area contributed by atoms with Crippen LogP contribution in [0.25, 0.3) is 11.1 Å². The Morgan fingerprint density at radius 2 is 1.86 bits per heavy atom. The summed E-state index contributed by atoms with van der Waals surface area (Å²) in [6.07, 6.45) is 8.04. The first-order valence-electron chi connectivity index (χ1n) is 14.1. The largest absolute Gasteiger partial charge is 0.495 e. The van der Waals surface area contributed by atoms with E-state index in [9.17, 15) is 9.18 Å². The van der Waals surface area contributed by atoms with Crippen LogP contribution in [-0.4, -0.2) is 71.4 Å². The predicted molar refractivity (Wildman–Crippen MR) is 170 cm³/mol. The molecule has 0 atom stereocenters. The Hall–Kier alpha value is -4.93. The number of amides is 1. The van der Waals surface area contributed by atoms with E-state index in [1.54, 1.807) is 44.3 Å². The molecule has 0 unspecified atom stereocenters. The van der Waals surface area contributed by atoms with Crippen LogP contribution in [0.4, 0.5) is 20.2 Å². The lowest BCUT2D eigenvalue weighted by Crippen LogP contribution is -2.40. The van der Waals surface area contributed by atoms with E-state index in [0.717, 1.165) is 5.57 Å². The van der Waals surface area contributed by atoms with Crippen LogP contribution in [0.1, 0.15) is 19.3 Å². The summed E-state index contributed by atoms with van der Waals surface area (Å²) < 4.78 is 47.4. The Bertz CT molecular complexity index is 1540. The number of benzene rings is 2. The molecule has 232 valence electrons. The Morgan fingerprint density at radius 1 is 1.11 bits per heavy atom. The maximum atomic E-state index is 15.4. The maximum Gasteiger partial charge on any atom is 0.245 e. The number of allylic oxidation sites excluding steroid dienone is 3. The molecule has 9 nitrogen and oxygen atoms in total. The molecule has 0 aromatic heterocycles. The number of ether oxygens (including phenoxy) is 3. The Balaban J connectivity index is 1.69. The van der Waals surface area contributed by atoms with Gasteiger partial charge in [-0.25, -0.2) is 13.8 Å². The van der Waals surface area contributed by atoms with Crippen molar-refractivity contribution in [1.82, 2.24) is 4.90 Å². The fourth-order valence-electron chi connectivity index (χ4n) is 5.10. The van der Waals surface area contributed by atoms with Gasteiger partial charge in [-0.15, -0.1) is 0 Å². The van der Waals surface area contributed by atoms with Gasteiger partial charge in [0.2, 0.25) is 5.91 Å². The number of nitrogens with zero attached hydrogens (tertiary/aromatic N) is 4. The molecule has 0 spiro atoms. The third kappa shape index (κ3) is 7.16. The van der Waals surface area contributed by atoms with Crippen molar-refractivity contribution in [2.75, 3.05) is 51.6 Å². The molecule has 1 amide bonds. The quantitative estimate of drug-likeness (QED) is 0.190. The summed E-state index contributed by atoms with van der Waals surface area (Å²) in [5.41, 5.74) is 1.87. The molecule has 0 radical (unpaired) electrons. The number of anilines is 2. The minimum absolute atomic E-state index is 0.0905. The van der Waals surface area contributed by atoms with E-state index in [1.807, 2.05) is 12.2 Å². The lowest BCUT2D eigenvalue weighted by atomic mass is 10.0. The molecular weight excluding hydrogens is 568 g/mol. The van der Waals surface area contributed by atoms with E-state index in [1.165, 1.54) is 36.6 Å². The number of likely N-dealkylation sites (tertiary alicyclic amines) is 1. The summed E-state index contributed by atoms with van der Waals surface area (Å²) in [4.78, 5) is 23.4. The number of hydrogen-bond donors (Lipinski definition) is 1. The predicted octanol–water partition coefficient (Wildman–Crippen LogP) is 6.07. The normalized spacial score (nSPS) is 16.5. The Morgan fingerprint density at radius 3 is 2.50 bits per heavy atom. The minimum Gasteiger partial charge on any atom is -0.495 e. The first kappa shape index (κ1) is 32.0. The van der Waals surface area contributed by atoms with E-state index in [0.29, 0.717) is 66.7 Å². The lowest BCUT2D eigenvalue weighted by Gasteiger charge is -2.32. The highest BCUT2D eigenvalue weighted by atomic mass is 19.1. The Kier molecular flexibility index (Phi) is 10.5. The highest BCUT2D eigenvalue weighted by Crippen LogP contribution is 2.37. The third-order valence-electron chi connectivity index (χ3n) is 7.35. The molecule has 1 heterocycles. The second-order valence-corrected chi connectivity index (χ2v) is 10.3. The summed E-state index contributed by atoms with van der Waals surface area (Å²) in [5, 5.41) is 3.30. The number of methoxy groups -OCH3 is 2. The van der Waals surface area contributed by atoms with Crippen LogP contribution in [0.2, 0.25) is 0 Å². The molecule has 2 aromatic rings. The van der Waals surface area contributed by atoms with Crippen LogP contribution in [0.5, 0.6) is 5.75 Å². The van der Waals surface area contributed by atoms with Gasteiger partial charge in [0.1, 0.15) is 35.5 Å². The van der Waals surface area contributed by atoms with Gasteiger partial charge in [-0.05, 0) is 61.2 Å². The van der Waals surface area contributed by atoms with E-state index in [-0.39, 0.29) is 23.3 Å². The fourth-order valence-corrected chi connectivity index (χ4v) is 5.10. The van der Waals surface area contributed by atoms with Gasteiger partial charge in [0.15, 0.2) is 17.3 Å². The summed E-state index contributed by atoms with van der Waals surface area (Å²) in [6.45, 7) is 8.20. The first-order valence-corrected chi connectivity index (χ1v) is 14.1. The highest BCUT2D eigenvalue weighted by molar-refractivity contribution is 5.87. The van der Waals surface area contributed by atoms with Crippen LogP contribution in [0, 0.1) is 11.6 Å². The topological polar surface area (TPSA) is 88.0 Å². The van der Waals surface area contributed by atoms with Gasteiger partial charge in [0.05, 0.1) is 19.9 Å². The van der Waals surface area contributed by atoms with Crippen molar-refractivity contribution in [3.8, 4) is 16.9 Å². The molecule has 1 N–H and O–H groups in total. The van der Waals surface area contributed by atoms with Crippen molar-refractivity contribution in [1.29, 1.82) is 0 Å². The molecule has 0 bridgehead atoms. The van der Waals surface area contributed by atoms with Gasteiger partial charge in [0.25, 0.3) is 0 Å². The molecule has 44 heavy (non-hydrogen) atoms. The van der Waals surface area contributed by atoms with Crippen LogP contribution in [-0.2, 0) is 14.3 Å². The maximum absolute atomic E-state index is 15.4. The average molecular weight is 606 g/mol. The number of halogens is 2. The number of nitrogens with one attached hydrogen (secondary N) is 1. The number of hydrogen-bond acceptors (Lipinski definition) is 7. The summed E-state index contributed by atoms with van der Waals surface area (Å²) in [5.74, 6) is 0.622. The van der Waals surface area contributed by atoms with E-state index in [4.69, 9.17) is 14.2 Å². The van der Waals surface area contributed by atoms with E-state index >= 15 is 4.39 Å². The number of aliphatic imine (C=N–C) groups is 2. The number of carbonyl (C=O) groups is 1. The molecule has 2 aromatic carbocycles. The molecule has 1 fully saturated rings. The van der Waals surface area contributed by atoms with Gasteiger partial charge in [-0.1, -0.05) is 12.6 Å². The lowest BCUT2D eigenvalue weighted by molar-refractivity contribution is -0.128. The van der Waals surface area contributed by atoms with Crippen molar-refractivity contribution in [3.63, 3.8) is 0 Å². The Labute approximate surface area is 256 Å². The van der Waals surface area contributed by atoms with E-state index in [2.05, 4.69) is 28.6 Å². The summed E-state index contributed by atoms with van der Waals surface area (Å²) in [6, 6.07) is 7.77. The zero-order valence-electron chi connectivity index (χ0n) is 25.4. The zero-order chi connectivity index (χ0) is 31.8. The molecule has 4 rings (SSSR count). The zero-order valence-corrected chi connectivity index (χ0v) is 25.4. The molecule has 1 aliphatic carbocycles. The standard InChI is InChI=1S/C33H37F2N5O4/c1-7-30(41)40-16-14-23(15-17-40)44-29-19-22(9-13-28(29)43-6)33(37-20-36-2)38-26-18-21(8-12-27(26)42-5)24-10-11-25(34)32(31(24)35)39(3)4/h7-8,10-13,18-20,23,38H,1-2,9,14-17H2,3-6H3/b33-22-,37-20?. The van der Waals surface area contributed by atoms with Crippen molar-refractivity contribution in [2.45, 2.75) is 25.4 Å². The SMILES string of the molecule is C=CC(=O)N1CCC(OC2=C/C(=C(/N=CN=C)Nc3cc(-c4ccc(F)c(N(C)C)c4F)ccc3OC)CC=C2OC)CC1. The van der Waals surface area contributed by atoms with E-state index < -0.39 is 11.6 Å². The second kappa shape index (κ2) is 14.5. The highest BCUT2D eigenvalue weighted by Gasteiger charge is 2.26. The molecule has 0 saturated carbocycles. The second-order valence-electron chi connectivity index (χ2n) is 10.3. The van der Waals surface area contributed by atoms with Crippen molar-refractivity contribution in [2.24, 2.45) is 9.98 Å². The van der Waals surface area contributed by atoms with Crippen LogP contribution < -0.4 is 15.0 Å². The summed E-state index contributed by atoms with van der Waals surface area (Å²) in [7, 11) is 6.28. The van der Waals surface area contributed by atoms with Crippen LogP contribution in [0.3, 0.4) is 0 Å².